The van der Waals surface area contributed by atoms with Gasteiger partial charge in [-0.2, -0.15) is 0 Å². The third kappa shape index (κ3) is 4.26. The van der Waals surface area contributed by atoms with Gasteiger partial charge in [0.05, 0.1) is 9.54 Å². The molecule has 0 unspecified atom stereocenters. The largest absolute Gasteiger partial charge is 0.298 e. The van der Waals surface area contributed by atoms with Crippen molar-refractivity contribution in [1.29, 1.82) is 0 Å². The maximum absolute atomic E-state index is 11.9. The molecule has 4 heteroatoms. The fourth-order valence-electron chi connectivity index (χ4n) is 1.56. The van der Waals surface area contributed by atoms with Crippen LogP contribution >= 0.6 is 39.0 Å². The van der Waals surface area contributed by atoms with Crippen LogP contribution in [-0.2, 0) is 11.2 Å². The molecule has 0 fully saturated rings. The van der Waals surface area contributed by atoms with Gasteiger partial charge in [0.2, 0.25) is 0 Å². The fraction of sp³-hybridized carbons (Fsp3) is 0.214. The van der Waals surface area contributed by atoms with Gasteiger partial charge in [0.15, 0.2) is 0 Å². The molecule has 0 amide bonds. The Morgan fingerprint density at radius 3 is 2.83 bits per heavy atom. The smallest absolute Gasteiger partial charge is 0.148 e. The summed E-state index contributed by atoms with van der Waals surface area (Å²) in [4.78, 5) is 14.1. The molecule has 0 radical (unpaired) electrons. The van der Waals surface area contributed by atoms with E-state index in [1.807, 2.05) is 24.3 Å². The van der Waals surface area contributed by atoms with Gasteiger partial charge < -0.3 is 0 Å². The molecule has 94 valence electrons. The monoisotopic (exact) mass is 340 g/mol. The van der Waals surface area contributed by atoms with Crippen LogP contribution in [0.4, 0.5) is 0 Å². The maximum Gasteiger partial charge on any atom is 0.148 e. The van der Waals surface area contributed by atoms with Crippen molar-refractivity contribution in [3.63, 3.8) is 0 Å². The van der Waals surface area contributed by atoms with Crippen molar-refractivity contribution >= 4 is 44.8 Å². The first-order chi connectivity index (χ1) is 8.63. The summed E-state index contributed by atoms with van der Waals surface area (Å²) < 4.78 is 1.08. The average Bonchev–Trinajstić information content (AvgIpc) is 2.72. The van der Waals surface area contributed by atoms with E-state index in [0.717, 1.165) is 13.6 Å². The van der Waals surface area contributed by atoms with E-state index in [9.17, 15) is 4.79 Å². The van der Waals surface area contributed by atoms with Crippen LogP contribution in [0.3, 0.4) is 0 Å². The van der Waals surface area contributed by atoms with Gasteiger partial charge in [0, 0.05) is 16.2 Å². The lowest BCUT2D eigenvalue weighted by Gasteiger charge is -2.01. The zero-order chi connectivity index (χ0) is 13.0. The van der Waals surface area contributed by atoms with Gasteiger partial charge in [-0.15, -0.1) is 23.1 Å². The zero-order valence-electron chi connectivity index (χ0n) is 9.98. The molecule has 0 aliphatic rings. The predicted molar refractivity (Wildman–Crippen MR) is 82.6 cm³/mol. The van der Waals surface area contributed by atoms with Crippen LogP contribution in [-0.4, -0.2) is 11.5 Å². The van der Waals surface area contributed by atoms with Crippen molar-refractivity contribution in [2.75, 3.05) is 5.75 Å². The number of hydrogen-bond acceptors (Lipinski definition) is 3. The van der Waals surface area contributed by atoms with Crippen molar-refractivity contribution in [1.82, 2.24) is 0 Å². The normalized spacial score (nSPS) is 10.6. The molecule has 0 spiro atoms. The van der Waals surface area contributed by atoms with Crippen LogP contribution in [0, 0.1) is 6.92 Å². The highest BCUT2D eigenvalue weighted by Crippen LogP contribution is 2.24. The first kappa shape index (κ1) is 13.8. The summed E-state index contributed by atoms with van der Waals surface area (Å²) in [6, 6.07) is 12.2. The number of aryl methyl sites for hydroxylation is 1. The van der Waals surface area contributed by atoms with Crippen LogP contribution in [0.15, 0.2) is 45.1 Å². The van der Waals surface area contributed by atoms with Crippen molar-refractivity contribution in [3.8, 4) is 0 Å². The third-order valence-corrected chi connectivity index (χ3v) is 5.07. The van der Waals surface area contributed by atoms with E-state index >= 15 is 0 Å². The summed E-state index contributed by atoms with van der Waals surface area (Å²) >= 11 is 6.65. The van der Waals surface area contributed by atoms with Crippen LogP contribution in [0.2, 0.25) is 0 Å². The lowest BCUT2D eigenvalue weighted by atomic mass is 10.2. The SMILES string of the molecule is Cc1cccc(SCC(=O)Cc2ccc(Br)s2)c1. The molecule has 2 aromatic rings. The Morgan fingerprint density at radius 1 is 1.33 bits per heavy atom. The van der Waals surface area contributed by atoms with Crippen molar-refractivity contribution in [2.24, 2.45) is 0 Å². The van der Waals surface area contributed by atoms with Gasteiger partial charge in [0.1, 0.15) is 5.78 Å². The number of ketones is 1. The number of hydrogen-bond donors (Lipinski definition) is 0. The van der Waals surface area contributed by atoms with Gasteiger partial charge >= 0.3 is 0 Å². The number of thioether (sulfide) groups is 1. The van der Waals surface area contributed by atoms with Crippen molar-refractivity contribution < 1.29 is 4.79 Å². The minimum absolute atomic E-state index is 0.274. The standard InChI is InChI=1S/C14H13BrOS2/c1-10-3-2-4-12(7-10)17-9-11(16)8-13-5-6-14(15)18-13/h2-7H,8-9H2,1H3. The number of carbonyl (C=O) groups is 1. The minimum atomic E-state index is 0.274. The molecule has 0 aliphatic carbocycles. The molecule has 18 heavy (non-hydrogen) atoms. The number of halogens is 1. The highest BCUT2D eigenvalue weighted by atomic mass is 79.9. The average molecular weight is 341 g/mol. The number of benzene rings is 1. The lowest BCUT2D eigenvalue weighted by Crippen LogP contribution is -2.04. The Kier molecular flexibility index (Phi) is 5.03. The summed E-state index contributed by atoms with van der Waals surface area (Å²) in [6.07, 6.45) is 0.537. The van der Waals surface area contributed by atoms with Crippen LogP contribution in [0.25, 0.3) is 0 Å². The molecule has 0 aliphatic heterocycles. The molecule has 1 heterocycles. The second kappa shape index (κ2) is 6.55. The highest BCUT2D eigenvalue weighted by molar-refractivity contribution is 9.11. The summed E-state index contributed by atoms with van der Waals surface area (Å²) in [5, 5.41) is 0. The van der Waals surface area contributed by atoms with E-state index in [1.165, 1.54) is 5.56 Å². The Bertz CT molecular complexity index is 548. The Balaban J connectivity index is 1.85. The first-order valence-electron chi connectivity index (χ1n) is 5.59. The van der Waals surface area contributed by atoms with E-state index in [0.29, 0.717) is 12.2 Å². The van der Waals surface area contributed by atoms with E-state index in [2.05, 4.69) is 35.0 Å². The molecule has 1 aromatic carbocycles. The van der Waals surface area contributed by atoms with Gasteiger partial charge in [-0.05, 0) is 47.1 Å². The molecular formula is C14H13BrOS2. The number of Topliss-reactive ketones (excluding diaryl/α,β-unsaturated/α-hetero) is 1. The van der Waals surface area contributed by atoms with Crippen LogP contribution < -0.4 is 0 Å². The van der Waals surface area contributed by atoms with Gasteiger partial charge in [-0.1, -0.05) is 17.7 Å². The van der Waals surface area contributed by atoms with E-state index in [1.54, 1.807) is 23.1 Å². The molecule has 2 rings (SSSR count). The molecule has 0 bridgehead atoms. The molecule has 1 nitrogen and oxygen atoms in total. The quantitative estimate of drug-likeness (QED) is 0.732. The topological polar surface area (TPSA) is 17.1 Å². The van der Waals surface area contributed by atoms with Crippen molar-refractivity contribution in [2.45, 2.75) is 18.2 Å². The Morgan fingerprint density at radius 2 is 2.17 bits per heavy atom. The molecule has 0 saturated carbocycles. The second-order valence-corrected chi connectivity index (χ2v) is 7.62. The van der Waals surface area contributed by atoms with E-state index in [-0.39, 0.29) is 5.78 Å². The molecule has 1 aromatic heterocycles. The Labute approximate surface area is 124 Å². The van der Waals surface area contributed by atoms with E-state index < -0.39 is 0 Å². The van der Waals surface area contributed by atoms with Gasteiger partial charge in [-0.25, -0.2) is 0 Å². The summed E-state index contributed by atoms with van der Waals surface area (Å²) in [5.41, 5.74) is 1.23. The molecule has 0 N–H and O–H groups in total. The number of carbonyl (C=O) groups excluding carboxylic acids is 1. The van der Waals surface area contributed by atoms with E-state index in [4.69, 9.17) is 0 Å². The first-order valence-corrected chi connectivity index (χ1v) is 8.18. The lowest BCUT2D eigenvalue weighted by molar-refractivity contribution is -0.115. The third-order valence-electron chi connectivity index (χ3n) is 2.39. The summed E-state index contributed by atoms with van der Waals surface area (Å²) in [7, 11) is 0. The number of thiophene rings is 1. The molecule has 0 atom stereocenters. The molecular weight excluding hydrogens is 328 g/mol. The second-order valence-electron chi connectivity index (χ2n) is 4.03. The molecule has 0 saturated heterocycles. The number of rotatable bonds is 5. The predicted octanol–water partition coefficient (Wildman–Crippen LogP) is 4.72. The summed E-state index contributed by atoms with van der Waals surface area (Å²) in [6.45, 7) is 2.06. The van der Waals surface area contributed by atoms with Gasteiger partial charge in [-0.3, -0.25) is 4.79 Å². The van der Waals surface area contributed by atoms with Crippen molar-refractivity contribution in [3.05, 3.63) is 50.6 Å². The summed E-state index contributed by atoms with van der Waals surface area (Å²) in [5.74, 6) is 0.815. The van der Waals surface area contributed by atoms with Gasteiger partial charge in [0.25, 0.3) is 0 Å². The van der Waals surface area contributed by atoms with Crippen LogP contribution in [0.5, 0.6) is 0 Å². The zero-order valence-corrected chi connectivity index (χ0v) is 13.2. The Hall–Kier alpha value is -0.580. The minimum Gasteiger partial charge on any atom is -0.298 e. The van der Waals surface area contributed by atoms with Crippen LogP contribution in [0.1, 0.15) is 10.4 Å². The highest BCUT2D eigenvalue weighted by Gasteiger charge is 2.07. The maximum atomic E-state index is 11.9. The fourth-order valence-corrected chi connectivity index (χ4v) is 3.95.